The van der Waals surface area contributed by atoms with Crippen molar-refractivity contribution in [2.75, 3.05) is 7.11 Å². The minimum Gasteiger partial charge on any atom is -0.469 e. The Hall–Kier alpha value is -0.870. The number of esters is 1. The molecule has 1 N–H and O–H groups in total. The smallest absolute Gasteiger partial charge is 0.309 e. The Morgan fingerprint density at radius 1 is 1.39 bits per heavy atom. The normalized spacial score (nSPS) is 27.8. The van der Waals surface area contributed by atoms with Crippen LogP contribution in [0.5, 0.6) is 0 Å². The lowest BCUT2D eigenvalue weighted by molar-refractivity contribution is -0.148. The van der Waals surface area contributed by atoms with Crippen molar-refractivity contribution < 1.29 is 14.6 Å². The number of hydrogen-bond donors (Lipinski definition) is 1. The standard InChI is InChI=1S/C14H17BrO3/c1-18-14(17)12-8-9(16)6-7-10(12)11-4-2-3-5-13(11)15/h2-5,9-10,12,16H,6-8H2,1H3/t9-,10?,12+/m0/s1. The molecule has 1 fully saturated rings. The fraction of sp³-hybridized carbons (Fsp3) is 0.500. The van der Waals surface area contributed by atoms with Crippen LogP contribution in [0, 0.1) is 5.92 Å². The lowest BCUT2D eigenvalue weighted by atomic mass is 9.74. The number of aliphatic hydroxyl groups is 1. The van der Waals surface area contributed by atoms with E-state index in [9.17, 15) is 9.90 Å². The third-order valence-corrected chi connectivity index (χ3v) is 4.35. The summed E-state index contributed by atoms with van der Waals surface area (Å²) in [6.07, 6.45) is 1.63. The summed E-state index contributed by atoms with van der Waals surface area (Å²) < 4.78 is 5.88. The highest BCUT2D eigenvalue weighted by molar-refractivity contribution is 9.10. The van der Waals surface area contributed by atoms with Crippen molar-refractivity contribution in [3.05, 3.63) is 34.3 Å². The molecule has 0 aromatic heterocycles. The van der Waals surface area contributed by atoms with Gasteiger partial charge >= 0.3 is 5.97 Å². The molecule has 0 radical (unpaired) electrons. The summed E-state index contributed by atoms with van der Waals surface area (Å²) in [5.74, 6) is -0.358. The van der Waals surface area contributed by atoms with Gasteiger partial charge in [0, 0.05) is 4.47 Å². The van der Waals surface area contributed by atoms with Crippen molar-refractivity contribution in [2.45, 2.75) is 31.3 Å². The van der Waals surface area contributed by atoms with E-state index < -0.39 is 6.10 Å². The van der Waals surface area contributed by atoms with Crippen LogP contribution in [0.1, 0.15) is 30.7 Å². The first kappa shape index (κ1) is 13.6. The minimum absolute atomic E-state index is 0.122. The Labute approximate surface area is 115 Å². The summed E-state index contributed by atoms with van der Waals surface area (Å²) in [6.45, 7) is 0. The molecule has 1 saturated carbocycles. The van der Waals surface area contributed by atoms with Gasteiger partial charge in [-0.25, -0.2) is 0 Å². The fourth-order valence-electron chi connectivity index (χ4n) is 2.71. The third-order valence-electron chi connectivity index (χ3n) is 3.63. The molecule has 1 aliphatic carbocycles. The maximum atomic E-state index is 11.9. The van der Waals surface area contributed by atoms with E-state index in [1.807, 2.05) is 24.3 Å². The lowest BCUT2D eigenvalue weighted by Gasteiger charge is -2.33. The van der Waals surface area contributed by atoms with Crippen LogP contribution in [0.15, 0.2) is 28.7 Å². The third kappa shape index (κ3) is 2.75. The molecule has 1 unspecified atom stereocenters. The number of rotatable bonds is 2. The van der Waals surface area contributed by atoms with Gasteiger partial charge in [-0.2, -0.15) is 0 Å². The molecule has 0 spiro atoms. The van der Waals surface area contributed by atoms with Gasteiger partial charge in [0.25, 0.3) is 0 Å². The van der Waals surface area contributed by atoms with E-state index in [2.05, 4.69) is 15.9 Å². The van der Waals surface area contributed by atoms with Gasteiger partial charge in [-0.05, 0) is 36.8 Å². The van der Waals surface area contributed by atoms with Crippen molar-refractivity contribution in [3.63, 3.8) is 0 Å². The Morgan fingerprint density at radius 3 is 2.78 bits per heavy atom. The molecule has 2 rings (SSSR count). The van der Waals surface area contributed by atoms with Crippen LogP contribution < -0.4 is 0 Å². The zero-order valence-corrected chi connectivity index (χ0v) is 11.9. The van der Waals surface area contributed by atoms with Crippen LogP contribution in [0.4, 0.5) is 0 Å². The Morgan fingerprint density at radius 2 is 2.11 bits per heavy atom. The number of hydrogen-bond acceptors (Lipinski definition) is 3. The predicted octanol–water partition coefficient (Wildman–Crippen LogP) is 2.87. The van der Waals surface area contributed by atoms with Gasteiger partial charge in [0.1, 0.15) is 0 Å². The first-order valence-corrected chi connectivity index (χ1v) is 6.93. The van der Waals surface area contributed by atoms with Gasteiger partial charge in [-0.3, -0.25) is 4.79 Å². The number of carbonyl (C=O) groups is 1. The molecule has 1 aromatic carbocycles. The van der Waals surface area contributed by atoms with Gasteiger partial charge in [0.2, 0.25) is 0 Å². The topological polar surface area (TPSA) is 46.5 Å². The number of benzene rings is 1. The first-order chi connectivity index (χ1) is 8.63. The first-order valence-electron chi connectivity index (χ1n) is 6.13. The largest absolute Gasteiger partial charge is 0.469 e. The highest BCUT2D eigenvalue weighted by atomic mass is 79.9. The van der Waals surface area contributed by atoms with Gasteiger partial charge in [-0.1, -0.05) is 34.1 Å². The lowest BCUT2D eigenvalue weighted by Crippen LogP contribution is -2.33. The monoisotopic (exact) mass is 312 g/mol. The van der Waals surface area contributed by atoms with E-state index in [0.29, 0.717) is 6.42 Å². The molecule has 4 heteroatoms. The van der Waals surface area contributed by atoms with Crippen molar-refractivity contribution >= 4 is 21.9 Å². The summed E-state index contributed by atoms with van der Waals surface area (Å²) in [4.78, 5) is 11.9. The second kappa shape index (κ2) is 5.85. The summed E-state index contributed by atoms with van der Waals surface area (Å²) in [6, 6.07) is 7.94. The number of methoxy groups -OCH3 is 1. The second-order valence-electron chi connectivity index (χ2n) is 4.72. The molecular formula is C14H17BrO3. The zero-order valence-electron chi connectivity index (χ0n) is 10.3. The van der Waals surface area contributed by atoms with E-state index in [4.69, 9.17) is 4.74 Å². The number of ether oxygens (including phenoxy) is 1. The van der Waals surface area contributed by atoms with Crippen molar-refractivity contribution in [3.8, 4) is 0 Å². The predicted molar refractivity (Wildman–Crippen MR) is 72.2 cm³/mol. The number of aliphatic hydroxyl groups excluding tert-OH is 1. The van der Waals surface area contributed by atoms with Crippen LogP contribution >= 0.6 is 15.9 Å². The molecule has 0 bridgehead atoms. The van der Waals surface area contributed by atoms with E-state index in [-0.39, 0.29) is 17.8 Å². The fourth-order valence-corrected chi connectivity index (χ4v) is 3.29. The second-order valence-corrected chi connectivity index (χ2v) is 5.58. The average molecular weight is 313 g/mol. The van der Waals surface area contributed by atoms with Crippen LogP contribution in [-0.2, 0) is 9.53 Å². The van der Waals surface area contributed by atoms with Gasteiger partial charge in [0.15, 0.2) is 0 Å². The van der Waals surface area contributed by atoms with E-state index in [1.54, 1.807) is 0 Å². The Bertz CT molecular complexity index is 433. The summed E-state index contributed by atoms with van der Waals surface area (Å²) >= 11 is 3.53. The molecular weight excluding hydrogens is 296 g/mol. The highest BCUT2D eigenvalue weighted by Crippen LogP contribution is 2.41. The molecule has 3 atom stereocenters. The Balaban J connectivity index is 2.29. The van der Waals surface area contributed by atoms with Crippen molar-refractivity contribution in [1.29, 1.82) is 0 Å². The van der Waals surface area contributed by atoms with Crippen LogP contribution in [0.25, 0.3) is 0 Å². The molecule has 98 valence electrons. The van der Waals surface area contributed by atoms with Crippen LogP contribution in [-0.4, -0.2) is 24.3 Å². The maximum Gasteiger partial charge on any atom is 0.309 e. The molecule has 0 saturated heterocycles. The van der Waals surface area contributed by atoms with Crippen molar-refractivity contribution in [1.82, 2.24) is 0 Å². The number of halogens is 1. The molecule has 1 aliphatic rings. The maximum absolute atomic E-state index is 11.9. The molecule has 0 amide bonds. The quantitative estimate of drug-likeness (QED) is 0.854. The van der Waals surface area contributed by atoms with E-state index in [1.165, 1.54) is 7.11 Å². The highest BCUT2D eigenvalue weighted by Gasteiger charge is 2.36. The van der Waals surface area contributed by atoms with E-state index in [0.717, 1.165) is 22.9 Å². The van der Waals surface area contributed by atoms with Crippen molar-refractivity contribution in [2.24, 2.45) is 5.92 Å². The summed E-state index contributed by atoms with van der Waals surface area (Å²) in [5, 5.41) is 9.74. The van der Waals surface area contributed by atoms with Crippen LogP contribution in [0.3, 0.4) is 0 Å². The minimum atomic E-state index is -0.396. The molecule has 18 heavy (non-hydrogen) atoms. The van der Waals surface area contributed by atoms with Gasteiger partial charge in [0.05, 0.1) is 19.1 Å². The number of carbonyl (C=O) groups excluding carboxylic acids is 1. The molecule has 3 nitrogen and oxygen atoms in total. The SMILES string of the molecule is COC(=O)[C@@H]1C[C@@H](O)CCC1c1ccccc1Br. The van der Waals surface area contributed by atoms with Gasteiger partial charge < -0.3 is 9.84 Å². The average Bonchev–Trinajstić information content (AvgIpc) is 2.39. The molecule has 0 aliphatic heterocycles. The molecule has 0 heterocycles. The summed E-state index contributed by atoms with van der Waals surface area (Å²) in [7, 11) is 1.40. The zero-order chi connectivity index (χ0) is 13.1. The van der Waals surface area contributed by atoms with Gasteiger partial charge in [-0.15, -0.1) is 0 Å². The molecule has 1 aromatic rings. The van der Waals surface area contributed by atoms with E-state index >= 15 is 0 Å². The Kier molecular flexibility index (Phi) is 4.40. The summed E-state index contributed by atoms with van der Waals surface area (Å²) in [5.41, 5.74) is 1.12. The van der Waals surface area contributed by atoms with Crippen LogP contribution in [0.2, 0.25) is 0 Å².